The Labute approximate surface area is 181 Å². The SMILES string of the molecule is CCN(CC(=O)NCc1ccc(F)cc1)C(=O)c1ccc(OCc2ccccc2)cc1. The zero-order valence-electron chi connectivity index (χ0n) is 17.4. The summed E-state index contributed by atoms with van der Waals surface area (Å²) >= 11 is 0. The minimum atomic E-state index is -0.325. The van der Waals surface area contributed by atoms with Crippen molar-refractivity contribution in [2.75, 3.05) is 13.1 Å². The molecule has 3 rings (SSSR count). The first-order chi connectivity index (χ1) is 15.0. The Morgan fingerprint density at radius 1 is 0.903 bits per heavy atom. The Morgan fingerprint density at radius 2 is 1.58 bits per heavy atom. The van der Waals surface area contributed by atoms with Crippen molar-refractivity contribution >= 4 is 11.8 Å². The summed E-state index contributed by atoms with van der Waals surface area (Å²) in [6, 6.07) is 22.6. The molecule has 0 fully saturated rings. The standard InChI is InChI=1S/C25H25FN2O3/c1-2-28(17-24(29)27-16-19-8-12-22(26)13-9-19)25(30)21-10-14-23(15-11-21)31-18-20-6-4-3-5-7-20/h3-15H,2,16-18H2,1H3,(H,27,29). The molecule has 0 radical (unpaired) electrons. The van der Waals surface area contributed by atoms with Crippen molar-refractivity contribution in [1.29, 1.82) is 0 Å². The van der Waals surface area contributed by atoms with E-state index in [2.05, 4.69) is 5.32 Å². The molecule has 0 aliphatic carbocycles. The van der Waals surface area contributed by atoms with E-state index in [1.807, 2.05) is 37.3 Å². The highest BCUT2D eigenvalue weighted by Crippen LogP contribution is 2.15. The van der Waals surface area contributed by atoms with Gasteiger partial charge in [-0.25, -0.2) is 4.39 Å². The van der Waals surface area contributed by atoms with Crippen molar-refractivity contribution in [2.24, 2.45) is 0 Å². The van der Waals surface area contributed by atoms with Crippen LogP contribution in [0.15, 0.2) is 78.9 Å². The van der Waals surface area contributed by atoms with Crippen molar-refractivity contribution in [3.63, 3.8) is 0 Å². The fourth-order valence-corrected chi connectivity index (χ4v) is 2.98. The summed E-state index contributed by atoms with van der Waals surface area (Å²) < 4.78 is 18.7. The van der Waals surface area contributed by atoms with Crippen LogP contribution in [-0.4, -0.2) is 29.8 Å². The van der Waals surface area contributed by atoms with E-state index >= 15 is 0 Å². The van der Waals surface area contributed by atoms with Crippen LogP contribution >= 0.6 is 0 Å². The molecule has 1 N–H and O–H groups in total. The molecule has 3 aromatic carbocycles. The molecule has 0 saturated carbocycles. The van der Waals surface area contributed by atoms with Crippen LogP contribution in [0.1, 0.15) is 28.4 Å². The number of nitrogens with zero attached hydrogens (tertiary/aromatic N) is 1. The average Bonchev–Trinajstić information content (AvgIpc) is 2.81. The van der Waals surface area contributed by atoms with Crippen molar-refractivity contribution in [3.8, 4) is 5.75 Å². The van der Waals surface area contributed by atoms with Gasteiger partial charge in [-0.05, 0) is 54.4 Å². The van der Waals surface area contributed by atoms with Gasteiger partial charge >= 0.3 is 0 Å². The van der Waals surface area contributed by atoms with Crippen LogP contribution < -0.4 is 10.1 Å². The maximum absolute atomic E-state index is 13.0. The number of hydrogen-bond acceptors (Lipinski definition) is 3. The maximum atomic E-state index is 13.0. The predicted octanol–water partition coefficient (Wildman–Crippen LogP) is 4.18. The van der Waals surface area contributed by atoms with Crippen LogP contribution in [0, 0.1) is 5.82 Å². The third kappa shape index (κ3) is 6.67. The number of likely N-dealkylation sites (N-methyl/N-ethyl adjacent to an activating group) is 1. The summed E-state index contributed by atoms with van der Waals surface area (Å²) in [6.45, 7) is 2.89. The number of carbonyl (C=O) groups excluding carboxylic acids is 2. The van der Waals surface area contributed by atoms with Crippen molar-refractivity contribution in [2.45, 2.75) is 20.1 Å². The molecular weight excluding hydrogens is 395 g/mol. The third-order valence-corrected chi connectivity index (χ3v) is 4.76. The number of amides is 2. The van der Waals surface area contributed by atoms with Gasteiger partial charge in [0.15, 0.2) is 0 Å². The van der Waals surface area contributed by atoms with Gasteiger partial charge in [0.05, 0.1) is 6.54 Å². The largest absolute Gasteiger partial charge is 0.489 e. The zero-order valence-corrected chi connectivity index (χ0v) is 17.4. The molecule has 0 aromatic heterocycles. The van der Waals surface area contributed by atoms with Gasteiger partial charge < -0.3 is 15.0 Å². The number of halogens is 1. The smallest absolute Gasteiger partial charge is 0.254 e. The number of benzene rings is 3. The molecule has 0 aliphatic heterocycles. The van der Waals surface area contributed by atoms with Crippen molar-refractivity contribution in [3.05, 3.63) is 101 Å². The summed E-state index contributed by atoms with van der Waals surface area (Å²) in [7, 11) is 0. The van der Waals surface area contributed by atoms with Gasteiger partial charge in [0.1, 0.15) is 18.2 Å². The van der Waals surface area contributed by atoms with E-state index in [-0.39, 0.29) is 30.7 Å². The molecule has 0 heterocycles. The van der Waals surface area contributed by atoms with Crippen LogP contribution in [-0.2, 0) is 17.9 Å². The van der Waals surface area contributed by atoms with E-state index in [1.165, 1.54) is 17.0 Å². The molecule has 0 aliphatic rings. The highest BCUT2D eigenvalue weighted by atomic mass is 19.1. The van der Waals surface area contributed by atoms with Gasteiger partial charge in [-0.1, -0.05) is 42.5 Å². The van der Waals surface area contributed by atoms with Gasteiger partial charge in [0, 0.05) is 18.7 Å². The zero-order chi connectivity index (χ0) is 22.1. The lowest BCUT2D eigenvalue weighted by atomic mass is 10.2. The van der Waals surface area contributed by atoms with Crippen LogP contribution in [0.4, 0.5) is 4.39 Å². The first kappa shape index (κ1) is 22.0. The molecule has 160 valence electrons. The van der Waals surface area contributed by atoms with Gasteiger partial charge in [0.25, 0.3) is 5.91 Å². The second-order valence-electron chi connectivity index (χ2n) is 7.02. The van der Waals surface area contributed by atoms with Crippen LogP contribution in [0.3, 0.4) is 0 Å². The topological polar surface area (TPSA) is 58.6 Å². The summed E-state index contributed by atoms with van der Waals surface area (Å²) in [4.78, 5) is 26.5. The molecule has 0 bridgehead atoms. The first-order valence-electron chi connectivity index (χ1n) is 10.1. The molecule has 5 nitrogen and oxygen atoms in total. The van der Waals surface area contributed by atoms with Crippen molar-refractivity contribution in [1.82, 2.24) is 10.2 Å². The molecule has 0 spiro atoms. The monoisotopic (exact) mass is 420 g/mol. The lowest BCUT2D eigenvalue weighted by Gasteiger charge is -2.20. The third-order valence-electron chi connectivity index (χ3n) is 4.76. The van der Waals surface area contributed by atoms with Gasteiger partial charge in [0.2, 0.25) is 5.91 Å². The summed E-state index contributed by atoms with van der Waals surface area (Å²) in [5, 5.41) is 2.76. The molecular formula is C25H25FN2O3. The second-order valence-corrected chi connectivity index (χ2v) is 7.02. The molecule has 0 saturated heterocycles. The Kier molecular flexibility index (Phi) is 7.76. The number of rotatable bonds is 9. The fourth-order valence-electron chi connectivity index (χ4n) is 2.98. The highest BCUT2D eigenvalue weighted by Gasteiger charge is 2.17. The van der Waals surface area contributed by atoms with Gasteiger partial charge in [-0.3, -0.25) is 9.59 Å². The van der Waals surface area contributed by atoms with Crippen LogP contribution in [0.25, 0.3) is 0 Å². The fraction of sp³-hybridized carbons (Fsp3) is 0.200. The van der Waals surface area contributed by atoms with Crippen LogP contribution in [0.2, 0.25) is 0 Å². The van der Waals surface area contributed by atoms with Gasteiger partial charge in [-0.15, -0.1) is 0 Å². The molecule has 2 amide bonds. The lowest BCUT2D eigenvalue weighted by Crippen LogP contribution is -2.40. The number of carbonyl (C=O) groups is 2. The minimum absolute atomic E-state index is 0.0528. The summed E-state index contributed by atoms with van der Waals surface area (Å²) in [6.07, 6.45) is 0. The lowest BCUT2D eigenvalue weighted by molar-refractivity contribution is -0.121. The molecule has 6 heteroatoms. The van der Waals surface area contributed by atoms with E-state index in [4.69, 9.17) is 4.74 Å². The van der Waals surface area contributed by atoms with E-state index in [9.17, 15) is 14.0 Å². The molecule has 3 aromatic rings. The average molecular weight is 420 g/mol. The second kappa shape index (κ2) is 10.9. The predicted molar refractivity (Wildman–Crippen MR) is 117 cm³/mol. The van der Waals surface area contributed by atoms with Crippen LogP contribution in [0.5, 0.6) is 5.75 Å². The Hall–Kier alpha value is -3.67. The van der Waals surface area contributed by atoms with E-state index in [0.29, 0.717) is 24.5 Å². The molecule has 0 unspecified atom stereocenters. The van der Waals surface area contributed by atoms with E-state index < -0.39 is 0 Å². The quantitative estimate of drug-likeness (QED) is 0.565. The summed E-state index contributed by atoms with van der Waals surface area (Å²) in [5.41, 5.74) is 2.34. The Morgan fingerprint density at radius 3 is 2.23 bits per heavy atom. The Bertz CT molecular complexity index is 990. The number of ether oxygens (including phenoxy) is 1. The highest BCUT2D eigenvalue weighted by molar-refractivity contribution is 5.96. The molecule has 0 atom stereocenters. The normalized spacial score (nSPS) is 10.4. The molecule has 31 heavy (non-hydrogen) atoms. The maximum Gasteiger partial charge on any atom is 0.254 e. The Balaban J connectivity index is 1.51. The first-order valence-corrected chi connectivity index (χ1v) is 10.1. The van der Waals surface area contributed by atoms with E-state index in [0.717, 1.165) is 11.1 Å². The van der Waals surface area contributed by atoms with Crippen molar-refractivity contribution < 1.29 is 18.7 Å². The van der Waals surface area contributed by atoms with E-state index in [1.54, 1.807) is 36.4 Å². The number of nitrogens with one attached hydrogen (secondary N) is 1. The summed E-state index contributed by atoms with van der Waals surface area (Å²) in [5.74, 6) is -0.161. The van der Waals surface area contributed by atoms with Gasteiger partial charge in [-0.2, -0.15) is 0 Å². The minimum Gasteiger partial charge on any atom is -0.489 e. The number of hydrogen-bond donors (Lipinski definition) is 1.